The molecule has 1 N–H and O–H groups in total. The zero-order chi connectivity index (χ0) is 21.6. The van der Waals surface area contributed by atoms with Crippen LogP contribution in [-0.2, 0) is 14.8 Å². The van der Waals surface area contributed by atoms with Gasteiger partial charge in [0.05, 0.1) is 25.1 Å². The monoisotopic (exact) mass is 420 g/mol. The third-order valence-corrected chi connectivity index (χ3v) is 5.61. The van der Waals surface area contributed by atoms with E-state index in [2.05, 4.69) is 5.32 Å². The van der Waals surface area contributed by atoms with Gasteiger partial charge in [0.2, 0.25) is 15.9 Å². The van der Waals surface area contributed by atoms with E-state index in [0.29, 0.717) is 11.4 Å². The van der Waals surface area contributed by atoms with Crippen molar-refractivity contribution in [3.8, 4) is 11.5 Å². The molecule has 0 radical (unpaired) electrons. The molecule has 0 saturated heterocycles. The lowest BCUT2D eigenvalue weighted by molar-refractivity contribution is -0.122. The summed E-state index contributed by atoms with van der Waals surface area (Å²) < 4.78 is 36.8. The Morgan fingerprint density at radius 3 is 2.45 bits per heavy atom. The molecule has 2 aromatic carbocycles. The van der Waals surface area contributed by atoms with Gasteiger partial charge in [-0.3, -0.25) is 9.10 Å². The molecule has 0 saturated carbocycles. The summed E-state index contributed by atoms with van der Waals surface area (Å²) in [5.74, 6) is 0.832. The second-order valence-electron chi connectivity index (χ2n) is 6.92. The molecule has 0 heterocycles. The van der Waals surface area contributed by atoms with E-state index in [4.69, 9.17) is 9.47 Å². The van der Waals surface area contributed by atoms with Gasteiger partial charge in [0.15, 0.2) is 0 Å². The highest BCUT2D eigenvalue weighted by molar-refractivity contribution is 7.92. The van der Waals surface area contributed by atoms with Crippen molar-refractivity contribution in [2.45, 2.75) is 32.9 Å². The minimum atomic E-state index is -3.70. The lowest BCUT2D eigenvalue weighted by Crippen LogP contribution is -2.50. The molecule has 8 heteroatoms. The Morgan fingerprint density at radius 1 is 1.14 bits per heavy atom. The molecule has 0 spiro atoms. The van der Waals surface area contributed by atoms with E-state index in [-0.39, 0.29) is 12.6 Å². The number of hydrogen-bond acceptors (Lipinski definition) is 5. The largest absolute Gasteiger partial charge is 0.497 e. The number of hydrogen-bond donors (Lipinski definition) is 1. The molecule has 7 nitrogen and oxygen atoms in total. The summed E-state index contributed by atoms with van der Waals surface area (Å²) in [5, 5.41) is 2.82. The average molecular weight is 421 g/mol. The summed E-state index contributed by atoms with van der Waals surface area (Å²) in [6.45, 7) is 5.56. The molecule has 1 amide bonds. The molecule has 0 aliphatic rings. The Hall–Kier alpha value is -2.74. The molecular formula is C21H28N2O5S. The van der Waals surface area contributed by atoms with Gasteiger partial charge in [0.1, 0.15) is 24.1 Å². The smallest absolute Gasteiger partial charge is 0.243 e. The van der Waals surface area contributed by atoms with Crippen LogP contribution in [0.1, 0.15) is 19.4 Å². The molecule has 0 aliphatic heterocycles. The molecule has 0 bridgehead atoms. The number of amides is 1. The van der Waals surface area contributed by atoms with Gasteiger partial charge in [-0.25, -0.2) is 8.42 Å². The van der Waals surface area contributed by atoms with Crippen LogP contribution in [0.25, 0.3) is 0 Å². The number of nitrogens with zero attached hydrogens (tertiary/aromatic N) is 1. The number of sulfonamides is 1. The minimum absolute atomic E-state index is 0.265. The Kier molecular flexibility index (Phi) is 7.50. The average Bonchev–Trinajstić information content (AvgIpc) is 2.66. The number of rotatable bonds is 9. The topological polar surface area (TPSA) is 84.9 Å². The van der Waals surface area contributed by atoms with E-state index < -0.39 is 22.0 Å². The summed E-state index contributed by atoms with van der Waals surface area (Å²) in [5.41, 5.74) is 1.36. The van der Waals surface area contributed by atoms with E-state index in [1.54, 1.807) is 38.1 Å². The zero-order valence-corrected chi connectivity index (χ0v) is 18.2. The predicted molar refractivity (Wildman–Crippen MR) is 114 cm³/mol. The summed E-state index contributed by atoms with van der Waals surface area (Å²) in [4.78, 5) is 12.7. The first-order valence-electron chi connectivity index (χ1n) is 9.25. The van der Waals surface area contributed by atoms with Crippen LogP contribution >= 0.6 is 0 Å². The van der Waals surface area contributed by atoms with Crippen LogP contribution in [-0.4, -0.2) is 46.4 Å². The van der Waals surface area contributed by atoms with E-state index in [0.717, 1.165) is 21.9 Å². The first-order valence-corrected chi connectivity index (χ1v) is 11.1. The number of carbonyl (C=O) groups excluding carboxylic acids is 1. The second kappa shape index (κ2) is 9.65. The highest BCUT2D eigenvalue weighted by atomic mass is 32.2. The molecule has 2 rings (SSSR count). The van der Waals surface area contributed by atoms with Crippen LogP contribution in [0.3, 0.4) is 0 Å². The number of aryl methyl sites for hydroxylation is 1. The van der Waals surface area contributed by atoms with Gasteiger partial charge in [-0.2, -0.15) is 0 Å². The maximum absolute atomic E-state index is 12.7. The zero-order valence-electron chi connectivity index (χ0n) is 17.4. The van der Waals surface area contributed by atoms with Crippen molar-refractivity contribution in [1.82, 2.24) is 5.32 Å². The van der Waals surface area contributed by atoms with Crippen molar-refractivity contribution >= 4 is 21.6 Å². The van der Waals surface area contributed by atoms with E-state index in [1.807, 2.05) is 31.2 Å². The molecule has 0 fully saturated rings. The Balaban J connectivity index is 2.09. The molecule has 158 valence electrons. The number of anilines is 1. The summed E-state index contributed by atoms with van der Waals surface area (Å²) >= 11 is 0. The minimum Gasteiger partial charge on any atom is -0.497 e. The third kappa shape index (κ3) is 6.12. The number of benzene rings is 2. The first kappa shape index (κ1) is 22.5. The molecule has 0 aliphatic carbocycles. The van der Waals surface area contributed by atoms with Crippen LogP contribution in [0.5, 0.6) is 11.5 Å². The van der Waals surface area contributed by atoms with E-state index >= 15 is 0 Å². The lowest BCUT2D eigenvalue weighted by atomic mass is 10.2. The van der Waals surface area contributed by atoms with Crippen LogP contribution in [0, 0.1) is 6.92 Å². The SMILES string of the molecule is COc1cccc(N([C@H](C)C(=O)N[C@@H](C)COc2ccccc2C)S(C)(=O)=O)c1. The van der Waals surface area contributed by atoms with Gasteiger partial charge < -0.3 is 14.8 Å². The summed E-state index contributed by atoms with van der Waals surface area (Å²) in [7, 11) is -2.20. The lowest BCUT2D eigenvalue weighted by Gasteiger charge is -2.29. The van der Waals surface area contributed by atoms with Crippen molar-refractivity contribution < 1.29 is 22.7 Å². The van der Waals surface area contributed by atoms with Crippen LogP contribution < -0.4 is 19.1 Å². The number of methoxy groups -OCH3 is 1. The third-order valence-electron chi connectivity index (χ3n) is 4.37. The predicted octanol–water partition coefficient (Wildman–Crippen LogP) is 2.74. The molecule has 29 heavy (non-hydrogen) atoms. The second-order valence-corrected chi connectivity index (χ2v) is 8.78. The normalized spacial score (nSPS) is 13.3. The molecule has 0 aromatic heterocycles. The van der Waals surface area contributed by atoms with Crippen molar-refractivity contribution in [1.29, 1.82) is 0 Å². The molecule has 0 unspecified atom stereocenters. The van der Waals surface area contributed by atoms with Crippen molar-refractivity contribution in [3.05, 3.63) is 54.1 Å². The maximum Gasteiger partial charge on any atom is 0.243 e. The van der Waals surface area contributed by atoms with Gasteiger partial charge in [-0.15, -0.1) is 0 Å². The Labute approximate surface area is 172 Å². The molecule has 2 atom stereocenters. The number of nitrogens with one attached hydrogen (secondary N) is 1. The highest BCUT2D eigenvalue weighted by Crippen LogP contribution is 2.25. The van der Waals surface area contributed by atoms with Gasteiger partial charge in [0.25, 0.3) is 0 Å². The molecular weight excluding hydrogens is 392 g/mol. The van der Waals surface area contributed by atoms with E-state index in [1.165, 1.54) is 7.11 Å². The van der Waals surface area contributed by atoms with Crippen LogP contribution in [0.2, 0.25) is 0 Å². The van der Waals surface area contributed by atoms with Crippen molar-refractivity contribution in [3.63, 3.8) is 0 Å². The van der Waals surface area contributed by atoms with Gasteiger partial charge in [-0.05, 0) is 44.5 Å². The number of ether oxygens (including phenoxy) is 2. The Morgan fingerprint density at radius 2 is 1.83 bits per heavy atom. The summed E-state index contributed by atoms with van der Waals surface area (Å²) in [6.07, 6.45) is 1.07. The van der Waals surface area contributed by atoms with Gasteiger partial charge in [0, 0.05) is 6.07 Å². The molecule has 2 aromatic rings. The van der Waals surface area contributed by atoms with Gasteiger partial charge >= 0.3 is 0 Å². The van der Waals surface area contributed by atoms with Crippen molar-refractivity contribution in [2.75, 3.05) is 24.3 Å². The Bertz CT molecular complexity index is 946. The first-order chi connectivity index (χ1) is 13.6. The summed E-state index contributed by atoms with van der Waals surface area (Å²) in [6, 6.07) is 12.9. The maximum atomic E-state index is 12.7. The van der Waals surface area contributed by atoms with Gasteiger partial charge in [-0.1, -0.05) is 24.3 Å². The highest BCUT2D eigenvalue weighted by Gasteiger charge is 2.30. The fourth-order valence-electron chi connectivity index (χ4n) is 2.89. The van der Waals surface area contributed by atoms with E-state index in [9.17, 15) is 13.2 Å². The standard InChI is InChI=1S/C21H28N2O5S/c1-15-9-6-7-12-20(15)28-14-16(2)22-21(24)17(3)23(29(5,25)26)18-10-8-11-19(13-18)27-4/h6-13,16-17H,14H2,1-5H3,(H,22,24)/t16-,17+/m0/s1. The van der Waals surface area contributed by atoms with Crippen molar-refractivity contribution in [2.24, 2.45) is 0 Å². The number of carbonyl (C=O) groups is 1. The van der Waals surface area contributed by atoms with Crippen LogP contribution in [0.15, 0.2) is 48.5 Å². The van der Waals surface area contributed by atoms with Crippen LogP contribution in [0.4, 0.5) is 5.69 Å². The fraction of sp³-hybridized carbons (Fsp3) is 0.381. The quantitative estimate of drug-likeness (QED) is 0.674. The number of para-hydroxylation sites is 1. The fourth-order valence-corrected chi connectivity index (χ4v) is 4.06.